The Morgan fingerprint density at radius 1 is 1.08 bits per heavy atom. The summed E-state index contributed by atoms with van der Waals surface area (Å²) in [7, 11) is 1.98. The monoisotopic (exact) mass is 188 g/mol. The number of nitrogens with one attached hydrogen (secondary N) is 2. The van der Waals surface area contributed by atoms with Crippen LogP contribution in [-0.2, 0) is 4.74 Å². The van der Waals surface area contributed by atoms with Crippen LogP contribution in [0.3, 0.4) is 0 Å². The van der Waals surface area contributed by atoms with E-state index in [1.165, 1.54) is 6.42 Å². The maximum Gasteiger partial charge on any atom is 0.0518 e. The Morgan fingerprint density at radius 2 is 1.77 bits per heavy atom. The molecule has 0 aromatic carbocycles. The lowest BCUT2D eigenvalue weighted by atomic mass is 10.4. The fraction of sp³-hybridized carbons (Fsp3) is 1.00. The van der Waals surface area contributed by atoms with E-state index < -0.39 is 0 Å². The summed E-state index contributed by atoms with van der Waals surface area (Å²) in [6.45, 7) is 8.27. The van der Waals surface area contributed by atoms with Gasteiger partial charge in [-0.25, -0.2) is 0 Å². The highest BCUT2D eigenvalue weighted by Crippen LogP contribution is 1.88. The van der Waals surface area contributed by atoms with Crippen LogP contribution in [0.25, 0.3) is 0 Å². The Balaban J connectivity index is 2.84. The third-order valence-corrected chi connectivity index (χ3v) is 1.73. The highest BCUT2D eigenvalue weighted by atomic mass is 16.5. The van der Waals surface area contributed by atoms with Crippen LogP contribution < -0.4 is 10.6 Å². The highest BCUT2D eigenvalue weighted by Gasteiger charge is 1.92. The molecule has 0 aromatic rings. The van der Waals surface area contributed by atoms with Gasteiger partial charge in [-0.1, -0.05) is 0 Å². The van der Waals surface area contributed by atoms with Gasteiger partial charge in [0, 0.05) is 6.61 Å². The molecule has 0 saturated heterocycles. The lowest BCUT2D eigenvalue weighted by Gasteiger charge is -2.07. The van der Waals surface area contributed by atoms with Gasteiger partial charge in [-0.2, -0.15) is 0 Å². The van der Waals surface area contributed by atoms with E-state index in [0.717, 1.165) is 32.7 Å². The molecule has 0 fully saturated rings. The summed E-state index contributed by atoms with van der Waals surface area (Å²) in [4.78, 5) is 0. The smallest absolute Gasteiger partial charge is 0.0518 e. The van der Waals surface area contributed by atoms with Gasteiger partial charge in [0.25, 0.3) is 0 Å². The van der Waals surface area contributed by atoms with E-state index in [0.29, 0.717) is 6.10 Å². The zero-order valence-corrected chi connectivity index (χ0v) is 9.23. The first kappa shape index (κ1) is 12.9. The minimum atomic E-state index is 0.365. The lowest BCUT2D eigenvalue weighted by molar-refractivity contribution is 0.0771. The summed E-state index contributed by atoms with van der Waals surface area (Å²) >= 11 is 0. The molecule has 0 unspecified atom stereocenters. The van der Waals surface area contributed by atoms with E-state index in [-0.39, 0.29) is 0 Å². The van der Waals surface area contributed by atoms with Gasteiger partial charge in [0.2, 0.25) is 0 Å². The quantitative estimate of drug-likeness (QED) is 0.530. The Kier molecular flexibility index (Phi) is 9.87. The van der Waals surface area contributed by atoms with Crippen molar-refractivity contribution in [1.29, 1.82) is 0 Å². The Hall–Kier alpha value is -0.120. The first-order valence-electron chi connectivity index (χ1n) is 5.24. The maximum atomic E-state index is 5.42. The predicted octanol–water partition coefficient (Wildman–Crippen LogP) is 1.00. The van der Waals surface area contributed by atoms with E-state index in [1.54, 1.807) is 0 Å². The summed E-state index contributed by atoms with van der Waals surface area (Å²) in [6.07, 6.45) is 2.67. The van der Waals surface area contributed by atoms with Crippen molar-refractivity contribution in [3.05, 3.63) is 0 Å². The van der Waals surface area contributed by atoms with Crippen molar-refractivity contribution in [2.45, 2.75) is 32.8 Å². The van der Waals surface area contributed by atoms with Crippen molar-refractivity contribution in [3.63, 3.8) is 0 Å². The molecule has 0 atom stereocenters. The third kappa shape index (κ3) is 11.9. The van der Waals surface area contributed by atoms with E-state index in [1.807, 2.05) is 7.05 Å². The number of hydrogen-bond donors (Lipinski definition) is 2. The summed E-state index contributed by atoms with van der Waals surface area (Å²) < 4.78 is 5.42. The van der Waals surface area contributed by atoms with Crippen molar-refractivity contribution in [1.82, 2.24) is 10.6 Å². The molecule has 0 heterocycles. The van der Waals surface area contributed by atoms with Gasteiger partial charge in [-0.15, -0.1) is 0 Å². The fourth-order valence-electron chi connectivity index (χ4n) is 1.03. The summed E-state index contributed by atoms with van der Waals surface area (Å²) in [5.41, 5.74) is 0. The SMILES string of the molecule is CNCCCNCCCOC(C)C. The van der Waals surface area contributed by atoms with Crippen LogP contribution in [0.4, 0.5) is 0 Å². The normalized spacial score (nSPS) is 11.1. The second-order valence-corrected chi connectivity index (χ2v) is 3.48. The molecule has 13 heavy (non-hydrogen) atoms. The largest absolute Gasteiger partial charge is 0.379 e. The van der Waals surface area contributed by atoms with E-state index in [9.17, 15) is 0 Å². The predicted molar refractivity (Wildman–Crippen MR) is 57.1 cm³/mol. The molecule has 0 aliphatic rings. The van der Waals surface area contributed by atoms with Crippen LogP contribution in [0.15, 0.2) is 0 Å². The minimum absolute atomic E-state index is 0.365. The molecule has 0 amide bonds. The Morgan fingerprint density at radius 3 is 2.38 bits per heavy atom. The van der Waals surface area contributed by atoms with Crippen molar-refractivity contribution < 1.29 is 4.74 Å². The molecule has 0 saturated carbocycles. The van der Waals surface area contributed by atoms with Crippen molar-refractivity contribution in [3.8, 4) is 0 Å². The molecular weight excluding hydrogens is 164 g/mol. The van der Waals surface area contributed by atoms with Crippen LogP contribution in [0, 0.1) is 0 Å². The van der Waals surface area contributed by atoms with Gasteiger partial charge in [0.05, 0.1) is 6.10 Å². The van der Waals surface area contributed by atoms with Crippen molar-refractivity contribution in [2.75, 3.05) is 33.3 Å². The lowest BCUT2D eigenvalue weighted by Crippen LogP contribution is -2.22. The molecule has 0 aliphatic heterocycles. The average molecular weight is 188 g/mol. The number of ether oxygens (including phenoxy) is 1. The zero-order valence-electron chi connectivity index (χ0n) is 9.23. The first-order chi connectivity index (χ1) is 6.27. The standard InChI is InChI=1S/C10H24N2O/c1-10(2)13-9-5-8-12-7-4-6-11-3/h10-12H,4-9H2,1-3H3. The van der Waals surface area contributed by atoms with Gasteiger partial charge >= 0.3 is 0 Å². The van der Waals surface area contributed by atoms with E-state index in [4.69, 9.17) is 4.74 Å². The molecule has 3 nitrogen and oxygen atoms in total. The number of rotatable bonds is 9. The van der Waals surface area contributed by atoms with Crippen LogP contribution in [0.1, 0.15) is 26.7 Å². The Labute approximate surface area is 82.2 Å². The van der Waals surface area contributed by atoms with Crippen LogP contribution >= 0.6 is 0 Å². The van der Waals surface area contributed by atoms with Gasteiger partial charge in [-0.05, 0) is 53.4 Å². The molecule has 2 N–H and O–H groups in total. The van der Waals surface area contributed by atoms with Gasteiger partial charge in [0.1, 0.15) is 0 Å². The molecule has 3 heteroatoms. The van der Waals surface area contributed by atoms with Crippen LogP contribution in [-0.4, -0.2) is 39.4 Å². The summed E-state index contributed by atoms with van der Waals surface area (Å²) in [5.74, 6) is 0. The highest BCUT2D eigenvalue weighted by molar-refractivity contribution is 4.49. The molecule has 0 aliphatic carbocycles. The van der Waals surface area contributed by atoms with Gasteiger partial charge in [0.15, 0.2) is 0 Å². The number of hydrogen-bond acceptors (Lipinski definition) is 3. The maximum absolute atomic E-state index is 5.42. The van der Waals surface area contributed by atoms with Crippen LogP contribution in [0.2, 0.25) is 0 Å². The summed E-state index contributed by atoms with van der Waals surface area (Å²) in [6, 6.07) is 0. The van der Waals surface area contributed by atoms with Crippen molar-refractivity contribution in [2.24, 2.45) is 0 Å². The molecule has 0 bridgehead atoms. The zero-order chi connectivity index (χ0) is 9.94. The molecule has 0 radical (unpaired) electrons. The van der Waals surface area contributed by atoms with Crippen molar-refractivity contribution >= 4 is 0 Å². The second-order valence-electron chi connectivity index (χ2n) is 3.48. The average Bonchev–Trinajstić information content (AvgIpc) is 2.09. The van der Waals surface area contributed by atoms with Gasteiger partial charge in [-0.3, -0.25) is 0 Å². The van der Waals surface area contributed by atoms with Gasteiger partial charge < -0.3 is 15.4 Å². The van der Waals surface area contributed by atoms with E-state index in [2.05, 4.69) is 24.5 Å². The Bertz CT molecular complexity index is 96.9. The van der Waals surface area contributed by atoms with E-state index >= 15 is 0 Å². The minimum Gasteiger partial charge on any atom is -0.379 e. The van der Waals surface area contributed by atoms with Crippen LogP contribution in [0.5, 0.6) is 0 Å². The second kappa shape index (κ2) is 9.96. The molecule has 80 valence electrons. The molecule has 0 rings (SSSR count). The third-order valence-electron chi connectivity index (χ3n) is 1.73. The molecule has 0 aromatic heterocycles. The summed E-state index contributed by atoms with van der Waals surface area (Å²) in [5, 5.41) is 6.49. The topological polar surface area (TPSA) is 33.3 Å². The molecular formula is C10H24N2O. The fourth-order valence-corrected chi connectivity index (χ4v) is 1.03. The first-order valence-corrected chi connectivity index (χ1v) is 5.24. The molecule has 0 spiro atoms.